The van der Waals surface area contributed by atoms with E-state index in [0.29, 0.717) is 29.9 Å². The van der Waals surface area contributed by atoms with Gasteiger partial charge in [0.15, 0.2) is 5.70 Å². The quantitative estimate of drug-likeness (QED) is 0.431. The van der Waals surface area contributed by atoms with Gasteiger partial charge in [0.05, 0.1) is 12.3 Å². The predicted octanol–water partition coefficient (Wildman–Crippen LogP) is 2.06. The van der Waals surface area contributed by atoms with Crippen LogP contribution in [-0.2, 0) is 6.42 Å². The minimum atomic E-state index is -0.246. The van der Waals surface area contributed by atoms with E-state index in [2.05, 4.69) is 5.43 Å². The number of nitrogens with two attached hydrogens (primary N) is 2. The molecule has 0 aliphatic rings. The van der Waals surface area contributed by atoms with Crippen LogP contribution in [0.3, 0.4) is 0 Å². The van der Waals surface area contributed by atoms with E-state index in [1.807, 2.05) is 6.07 Å². The number of hydrazine groups is 1. The van der Waals surface area contributed by atoms with E-state index >= 15 is 0 Å². The number of hydrogen-bond acceptors (Lipinski definition) is 5. The van der Waals surface area contributed by atoms with Gasteiger partial charge in [-0.2, -0.15) is 5.26 Å². The van der Waals surface area contributed by atoms with Gasteiger partial charge in [0.25, 0.3) is 0 Å². The van der Waals surface area contributed by atoms with E-state index in [1.54, 1.807) is 42.5 Å². The molecule has 0 fully saturated rings. The maximum Gasteiger partial charge on any atom is 0.151 e. The van der Waals surface area contributed by atoms with Gasteiger partial charge in [0.2, 0.25) is 0 Å². The molecule has 0 spiro atoms. The Kier molecular flexibility index (Phi) is 5.56. The van der Waals surface area contributed by atoms with Crippen LogP contribution in [0.15, 0.2) is 54.2 Å². The van der Waals surface area contributed by atoms with Crippen LogP contribution >= 0.6 is 0 Å². The van der Waals surface area contributed by atoms with Gasteiger partial charge >= 0.3 is 0 Å². The van der Waals surface area contributed by atoms with Crippen molar-refractivity contribution in [2.75, 3.05) is 6.61 Å². The number of allylic oxidation sites excluding steroid dienone is 1. The van der Waals surface area contributed by atoms with Crippen LogP contribution in [0.25, 0.3) is 5.70 Å². The van der Waals surface area contributed by atoms with Crippen LogP contribution in [0.5, 0.6) is 5.75 Å². The van der Waals surface area contributed by atoms with Gasteiger partial charge in [-0.1, -0.05) is 30.3 Å². The molecular formula is C17H17FN4O. The second kappa shape index (κ2) is 7.82. The summed E-state index contributed by atoms with van der Waals surface area (Å²) in [6.07, 6.45) is 0.454. The lowest BCUT2D eigenvalue weighted by Gasteiger charge is -2.10. The number of ether oxygens (including phenoxy) is 1. The molecule has 0 unspecified atom stereocenters. The molecule has 2 aromatic carbocycles. The van der Waals surface area contributed by atoms with Crippen molar-refractivity contribution in [2.24, 2.45) is 11.6 Å². The van der Waals surface area contributed by atoms with Crippen LogP contribution in [0, 0.1) is 17.1 Å². The maximum absolute atomic E-state index is 13.5. The first kappa shape index (κ1) is 16.3. The second-order valence-electron chi connectivity index (χ2n) is 4.76. The maximum atomic E-state index is 13.5. The van der Waals surface area contributed by atoms with Gasteiger partial charge in [0, 0.05) is 12.0 Å². The average molecular weight is 312 g/mol. The SMILES string of the molecule is N#C/C(NN)=C(/N)c1cccc(OCCc2ccccc2F)c1. The molecular weight excluding hydrogens is 295 g/mol. The molecule has 2 rings (SSSR count). The zero-order chi connectivity index (χ0) is 16.7. The summed E-state index contributed by atoms with van der Waals surface area (Å²) in [4.78, 5) is 0. The summed E-state index contributed by atoms with van der Waals surface area (Å²) >= 11 is 0. The van der Waals surface area contributed by atoms with Crippen molar-refractivity contribution < 1.29 is 9.13 Å². The molecule has 5 nitrogen and oxygen atoms in total. The topological polar surface area (TPSA) is 97.1 Å². The van der Waals surface area contributed by atoms with E-state index in [4.69, 9.17) is 21.6 Å². The van der Waals surface area contributed by atoms with Crippen molar-refractivity contribution in [1.29, 1.82) is 5.26 Å². The third-order valence-electron chi connectivity index (χ3n) is 3.27. The Morgan fingerprint density at radius 1 is 1.22 bits per heavy atom. The van der Waals surface area contributed by atoms with Crippen molar-refractivity contribution >= 4 is 5.70 Å². The largest absolute Gasteiger partial charge is 0.493 e. The molecule has 2 aromatic rings. The van der Waals surface area contributed by atoms with Crippen LogP contribution in [0.2, 0.25) is 0 Å². The normalized spacial score (nSPS) is 11.3. The van der Waals surface area contributed by atoms with Crippen molar-refractivity contribution in [2.45, 2.75) is 6.42 Å². The second-order valence-corrected chi connectivity index (χ2v) is 4.76. The van der Waals surface area contributed by atoms with Crippen molar-refractivity contribution in [3.8, 4) is 11.8 Å². The Labute approximate surface area is 133 Å². The zero-order valence-corrected chi connectivity index (χ0v) is 12.4. The first-order valence-electron chi connectivity index (χ1n) is 6.99. The highest BCUT2D eigenvalue weighted by atomic mass is 19.1. The average Bonchev–Trinajstić information content (AvgIpc) is 2.58. The fourth-order valence-corrected chi connectivity index (χ4v) is 2.05. The lowest BCUT2D eigenvalue weighted by atomic mass is 10.1. The van der Waals surface area contributed by atoms with Crippen molar-refractivity contribution in [1.82, 2.24) is 5.43 Å². The van der Waals surface area contributed by atoms with Gasteiger partial charge in [-0.15, -0.1) is 0 Å². The Morgan fingerprint density at radius 2 is 2.00 bits per heavy atom. The molecule has 6 heteroatoms. The Balaban J connectivity index is 2.05. The van der Waals surface area contributed by atoms with Crippen molar-refractivity contribution in [3.63, 3.8) is 0 Å². The number of halogens is 1. The van der Waals surface area contributed by atoms with Crippen LogP contribution in [0.1, 0.15) is 11.1 Å². The first-order chi connectivity index (χ1) is 11.2. The number of nitrogens with one attached hydrogen (secondary N) is 1. The summed E-state index contributed by atoms with van der Waals surface area (Å²) in [5.41, 5.74) is 9.65. The molecule has 5 N–H and O–H groups in total. The molecule has 118 valence electrons. The van der Waals surface area contributed by atoms with Crippen LogP contribution < -0.4 is 21.7 Å². The van der Waals surface area contributed by atoms with E-state index in [-0.39, 0.29) is 17.2 Å². The summed E-state index contributed by atoms with van der Waals surface area (Å²) in [5.74, 6) is 5.58. The van der Waals surface area contributed by atoms with Crippen LogP contribution in [-0.4, -0.2) is 6.61 Å². The highest BCUT2D eigenvalue weighted by Crippen LogP contribution is 2.19. The lowest BCUT2D eigenvalue weighted by molar-refractivity contribution is 0.320. The molecule has 0 amide bonds. The van der Waals surface area contributed by atoms with Gasteiger partial charge in [-0.25, -0.2) is 10.2 Å². The van der Waals surface area contributed by atoms with E-state index in [1.165, 1.54) is 6.07 Å². The van der Waals surface area contributed by atoms with E-state index in [9.17, 15) is 4.39 Å². The minimum absolute atomic E-state index is 0.0773. The van der Waals surface area contributed by atoms with Gasteiger partial charge in [-0.05, 0) is 23.8 Å². The fraction of sp³-hybridized carbons (Fsp3) is 0.118. The molecule has 0 heterocycles. The number of benzene rings is 2. The van der Waals surface area contributed by atoms with Gasteiger partial charge in [-0.3, -0.25) is 0 Å². The third kappa shape index (κ3) is 4.22. The molecule has 0 saturated heterocycles. The first-order valence-corrected chi connectivity index (χ1v) is 6.99. The summed E-state index contributed by atoms with van der Waals surface area (Å²) in [7, 11) is 0. The Hall–Kier alpha value is -3.04. The van der Waals surface area contributed by atoms with E-state index in [0.717, 1.165) is 0 Å². The number of rotatable bonds is 6. The van der Waals surface area contributed by atoms with Crippen LogP contribution in [0.4, 0.5) is 4.39 Å². The standard InChI is InChI=1S/C17H17FN4O/c18-15-7-2-1-4-12(15)8-9-23-14-6-3-5-13(10-14)17(20)16(11-19)22-21/h1-7,10,22H,8-9,20-21H2/b17-16-. The van der Waals surface area contributed by atoms with E-state index < -0.39 is 0 Å². The van der Waals surface area contributed by atoms with Gasteiger partial charge in [0.1, 0.15) is 17.6 Å². The molecule has 0 aliphatic heterocycles. The molecule has 0 saturated carbocycles. The summed E-state index contributed by atoms with van der Waals surface area (Å²) in [5, 5.41) is 8.92. The predicted molar refractivity (Wildman–Crippen MR) is 86.1 cm³/mol. The highest BCUT2D eigenvalue weighted by molar-refractivity contribution is 5.69. The third-order valence-corrected chi connectivity index (χ3v) is 3.27. The molecule has 0 radical (unpaired) electrons. The van der Waals surface area contributed by atoms with Gasteiger partial charge < -0.3 is 15.9 Å². The monoisotopic (exact) mass is 312 g/mol. The number of nitrogens with zero attached hydrogens (tertiary/aromatic N) is 1. The minimum Gasteiger partial charge on any atom is -0.493 e. The zero-order valence-electron chi connectivity index (χ0n) is 12.4. The molecule has 0 bridgehead atoms. The fourth-order valence-electron chi connectivity index (χ4n) is 2.05. The lowest BCUT2D eigenvalue weighted by Crippen LogP contribution is -2.23. The Morgan fingerprint density at radius 3 is 2.70 bits per heavy atom. The molecule has 23 heavy (non-hydrogen) atoms. The Bertz CT molecular complexity index is 752. The summed E-state index contributed by atoms with van der Waals surface area (Å²) in [6, 6.07) is 15.4. The molecule has 0 aromatic heterocycles. The number of hydrogen-bond donors (Lipinski definition) is 3. The highest BCUT2D eigenvalue weighted by Gasteiger charge is 2.06. The smallest absolute Gasteiger partial charge is 0.151 e. The molecule has 0 atom stereocenters. The number of nitriles is 1. The molecule has 0 aliphatic carbocycles. The summed E-state index contributed by atoms with van der Waals surface area (Å²) in [6.45, 7) is 0.328. The summed E-state index contributed by atoms with van der Waals surface area (Å²) < 4.78 is 19.1. The van der Waals surface area contributed by atoms with Crippen molar-refractivity contribution in [3.05, 3.63) is 71.2 Å².